The minimum absolute atomic E-state index is 0.347. The van der Waals surface area contributed by atoms with Gasteiger partial charge in [0.15, 0.2) is 0 Å². The topological polar surface area (TPSA) is 50.9 Å². The van der Waals surface area contributed by atoms with E-state index in [1.165, 1.54) is 25.7 Å². The van der Waals surface area contributed by atoms with Gasteiger partial charge < -0.3 is 11.1 Å². The molecule has 0 radical (unpaired) electrons. The van der Waals surface area contributed by atoms with Gasteiger partial charge in [0.05, 0.1) is 17.6 Å². The molecule has 1 unspecified atom stereocenters. The second kappa shape index (κ2) is 5.22. The Hall–Kier alpha value is -1.16. The van der Waals surface area contributed by atoms with Gasteiger partial charge in [0.1, 0.15) is 4.99 Å². The molecular weight excluding hydrogens is 242 g/mol. The van der Waals surface area contributed by atoms with Gasteiger partial charge in [0.25, 0.3) is 0 Å². The van der Waals surface area contributed by atoms with Gasteiger partial charge in [0, 0.05) is 6.04 Å². The first-order valence-electron chi connectivity index (χ1n) is 6.51. The summed E-state index contributed by atoms with van der Waals surface area (Å²) < 4.78 is 0. The molecule has 0 saturated heterocycles. The molecule has 0 bridgehead atoms. The Morgan fingerprint density at radius 2 is 2.22 bits per heavy atom. The number of aromatic nitrogens is 1. The summed E-state index contributed by atoms with van der Waals surface area (Å²) in [6.07, 6.45) is 6.97. The first-order valence-corrected chi connectivity index (χ1v) is 6.92. The van der Waals surface area contributed by atoms with Crippen molar-refractivity contribution < 1.29 is 0 Å². The van der Waals surface area contributed by atoms with Crippen LogP contribution in [0.3, 0.4) is 0 Å². The predicted octanol–water partition coefficient (Wildman–Crippen LogP) is 3.10. The molecule has 1 aliphatic carbocycles. The number of pyridine rings is 1. The quantitative estimate of drug-likeness (QED) is 0.823. The summed E-state index contributed by atoms with van der Waals surface area (Å²) >= 11 is 4.90. The summed E-state index contributed by atoms with van der Waals surface area (Å²) in [6, 6.07) is 4.40. The maximum absolute atomic E-state index is 5.54. The van der Waals surface area contributed by atoms with Gasteiger partial charge in [-0.05, 0) is 30.4 Å². The van der Waals surface area contributed by atoms with E-state index in [0.29, 0.717) is 22.1 Å². The lowest BCUT2D eigenvalue weighted by molar-refractivity contribution is 0.217. The lowest BCUT2D eigenvalue weighted by atomic mass is 9.73. The number of hydrogen-bond acceptors (Lipinski definition) is 3. The highest BCUT2D eigenvalue weighted by molar-refractivity contribution is 7.80. The predicted molar refractivity (Wildman–Crippen MR) is 79.8 cm³/mol. The van der Waals surface area contributed by atoms with Crippen molar-refractivity contribution in [3.05, 3.63) is 24.0 Å². The van der Waals surface area contributed by atoms with Gasteiger partial charge in [-0.15, -0.1) is 0 Å². The summed E-state index contributed by atoms with van der Waals surface area (Å²) in [6.45, 7) is 4.67. The van der Waals surface area contributed by atoms with Crippen molar-refractivity contribution in [3.63, 3.8) is 0 Å². The van der Waals surface area contributed by atoms with Crippen LogP contribution >= 0.6 is 12.2 Å². The third kappa shape index (κ3) is 2.99. The zero-order chi connectivity index (χ0) is 13.2. The maximum Gasteiger partial charge on any atom is 0.122 e. The monoisotopic (exact) mass is 263 g/mol. The second-order valence-electron chi connectivity index (χ2n) is 5.73. The largest absolute Gasteiger partial charge is 0.388 e. The third-order valence-corrected chi connectivity index (χ3v) is 4.07. The number of nitrogens with zero attached hydrogens (tertiary/aromatic N) is 1. The zero-order valence-electron chi connectivity index (χ0n) is 11.1. The van der Waals surface area contributed by atoms with Gasteiger partial charge in [-0.2, -0.15) is 0 Å². The van der Waals surface area contributed by atoms with Crippen molar-refractivity contribution in [1.29, 1.82) is 0 Å². The molecule has 1 aliphatic rings. The van der Waals surface area contributed by atoms with Gasteiger partial charge in [-0.1, -0.05) is 38.9 Å². The molecule has 3 N–H and O–H groups in total. The van der Waals surface area contributed by atoms with Crippen molar-refractivity contribution in [3.8, 4) is 0 Å². The van der Waals surface area contributed by atoms with E-state index in [1.807, 2.05) is 18.3 Å². The lowest BCUT2D eigenvalue weighted by Gasteiger charge is -2.39. The van der Waals surface area contributed by atoms with E-state index in [4.69, 9.17) is 18.0 Å². The van der Waals surface area contributed by atoms with Crippen molar-refractivity contribution in [2.45, 2.75) is 45.6 Å². The highest BCUT2D eigenvalue weighted by Gasteiger charge is 2.31. The van der Waals surface area contributed by atoms with Crippen molar-refractivity contribution in [2.75, 3.05) is 5.32 Å². The van der Waals surface area contributed by atoms with Crippen LogP contribution in [0.15, 0.2) is 18.3 Å². The van der Waals surface area contributed by atoms with Crippen LogP contribution in [0.2, 0.25) is 0 Å². The van der Waals surface area contributed by atoms with Crippen LogP contribution in [-0.4, -0.2) is 16.0 Å². The molecule has 0 amide bonds. The van der Waals surface area contributed by atoms with Crippen LogP contribution in [-0.2, 0) is 0 Å². The minimum Gasteiger partial charge on any atom is -0.388 e. The van der Waals surface area contributed by atoms with Crippen LogP contribution in [0.5, 0.6) is 0 Å². The molecule has 2 rings (SSSR count). The normalized spacial score (nSPS) is 22.4. The van der Waals surface area contributed by atoms with Crippen LogP contribution < -0.4 is 11.1 Å². The Morgan fingerprint density at radius 1 is 1.44 bits per heavy atom. The molecule has 1 aromatic heterocycles. The molecule has 0 spiro atoms. The highest BCUT2D eigenvalue weighted by Crippen LogP contribution is 2.37. The molecular formula is C14H21N3S. The average molecular weight is 263 g/mol. The molecule has 0 aliphatic heterocycles. The van der Waals surface area contributed by atoms with Crippen molar-refractivity contribution in [2.24, 2.45) is 11.1 Å². The Balaban J connectivity index is 2.06. The molecule has 4 heteroatoms. The van der Waals surface area contributed by atoms with Gasteiger partial charge in [-0.25, -0.2) is 0 Å². The Kier molecular flexibility index (Phi) is 3.85. The fourth-order valence-corrected chi connectivity index (χ4v) is 2.71. The lowest BCUT2D eigenvalue weighted by Crippen LogP contribution is -2.38. The van der Waals surface area contributed by atoms with Crippen LogP contribution in [0.4, 0.5) is 5.69 Å². The molecule has 3 nitrogen and oxygen atoms in total. The smallest absolute Gasteiger partial charge is 0.122 e. The van der Waals surface area contributed by atoms with Gasteiger partial charge >= 0.3 is 0 Å². The molecule has 1 heterocycles. The van der Waals surface area contributed by atoms with E-state index in [9.17, 15) is 0 Å². The molecule has 1 saturated carbocycles. The Bertz CT molecular complexity index is 425. The summed E-state index contributed by atoms with van der Waals surface area (Å²) in [5.41, 5.74) is 7.62. The van der Waals surface area contributed by atoms with Crippen LogP contribution in [0, 0.1) is 5.41 Å². The fraction of sp³-hybridized carbons (Fsp3) is 0.571. The van der Waals surface area contributed by atoms with E-state index < -0.39 is 0 Å². The van der Waals surface area contributed by atoms with Crippen molar-refractivity contribution >= 4 is 22.9 Å². The molecule has 18 heavy (non-hydrogen) atoms. The molecule has 1 fully saturated rings. The molecule has 1 aromatic rings. The first-order chi connectivity index (χ1) is 8.49. The fourth-order valence-electron chi connectivity index (χ4n) is 2.59. The number of thiocarbonyl (C=S) groups is 1. The number of hydrogen-bond donors (Lipinski definition) is 2. The average Bonchev–Trinajstić information content (AvgIpc) is 2.32. The molecule has 1 atom stereocenters. The summed E-state index contributed by atoms with van der Waals surface area (Å²) in [5, 5.41) is 3.59. The Labute approximate surface area is 114 Å². The second-order valence-corrected chi connectivity index (χ2v) is 6.17. The minimum atomic E-state index is 0.347. The summed E-state index contributed by atoms with van der Waals surface area (Å²) in [5.74, 6) is 0. The van der Waals surface area contributed by atoms with Gasteiger partial charge in [0.2, 0.25) is 0 Å². The number of nitrogens with two attached hydrogens (primary N) is 1. The number of anilines is 1. The molecule has 0 aromatic carbocycles. The Morgan fingerprint density at radius 3 is 2.78 bits per heavy atom. The SMILES string of the molecule is CC1(C)CCCCC1Nc1ccc(C(N)=S)nc1. The van der Waals surface area contributed by atoms with E-state index >= 15 is 0 Å². The van der Waals surface area contributed by atoms with E-state index in [2.05, 4.69) is 24.1 Å². The number of nitrogens with one attached hydrogen (secondary N) is 1. The standard InChI is InChI=1S/C14H21N3S/c1-14(2)8-4-3-5-12(14)17-10-6-7-11(13(15)18)16-9-10/h6-7,9,12,17H,3-5,8H2,1-2H3,(H2,15,18). The molecule has 98 valence electrons. The zero-order valence-corrected chi connectivity index (χ0v) is 11.9. The van der Waals surface area contributed by atoms with Crippen LogP contribution in [0.1, 0.15) is 45.2 Å². The van der Waals surface area contributed by atoms with Crippen LogP contribution in [0.25, 0.3) is 0 Å². The third-order valence-electron chi connectivity index (χ3n) is 3.86. The van der Waals surface area contributed by atoms with Gasteiger partial charge in [-0.3, -0.25) is 4.98 Å². The summed E-state index contributed by atoms with van der Waals surface area (Å²) in [7, 11) is 0. The van der Waals surface area contributed by atoms with E-state index in [-0.39, 0.29) is 0 Å². The van der Waals surface area contributed by atoms with E-state index in [1.54, 1.807) is 0 Å². The number of rotatable bonds is 3. The first kappa shape index (κ1) is 13.3. The summed E-state index contributed by atoms with van der Waals surface area (Å²) in [4.78, 5) is 4.61. The maximum atomic E-state index is 5.54. The highest BCUT2D eigenvalue weighted by atomic mass is 32.1. The van der Waals surface area contributed by atoms with E-state index in [0.717, 1.165) is 5.69 Å². The van der Waals surface area contributed by atoms with Crippen molar-refractivity contribution in [1.82, 2.24) is 4.98 Å².